The van der Waals surface area contributed by atoms with E-state index in [0.29, 0.717) is 26.2 Å². The molecule has 1 fully saturated rings. The Morgan fingerprint density at radius 2 is 1.93 bits per heavy atom. The van der Waals surface area contributed by atoms with Crippen molar-refractivity contribution in [3.05, 3.63) is 35.6 Å². The predicted octanol–water partition coefficient (Wildman–Crippen LogP) is 2.62. The largest absolute Gasteiger partial charge is 0.444 e. The lowest BCUT2D eigenvalue weighted by Crippen LogP contribution is -2.54. The third-order valence-corrected chi connectivity index (χ3v) is 4.70. The van der Waals surface area contributed by atoms with Crippen LogP contribution in [0.4, 0.5) is 9.18 Å². The van der Waals surface area contributed by atoms with Crippen LogP contribution in [-0.4, -0.2) is 60.9 Å². The van der Waals surface area contributed by atoms with Gasteiger partial charge in [0.1, 0.15) is 11.4 Å². The van der Waals surface area contributed by atoms with E-state index in [1.54, 1.807) is 32.9 Å². The van der Waals surface area contributed by atoms with Crippen LogP contribution in [0.2, 0.25) is 0 Å². The minimum atomic E-state index is -0.558. The summed E-state index contributed by atoms with van der Waals surface area (Å²) in [5.74, 6) is -0.414. The molecule has 1 saturated heterocycles. The number of morpholine rings is 1. The van der Waals surface area contributed by atoms with E-state index in [-0.39, 0.29) is 29.9 Å². The topological polar surface area (TPSA) is 79.9 Å². The second-order valence-corrected chi connectivity index (χ2v) is 8.33. The Morgan fingerprint density at radius 3 is 2.55 bits per heavy atom. The monoisotopic (exact) mass is 409 g/mol. The van der Waals surface area contributed by atoms with Crippen LogP contribution < -0.4 is 10.6 Å². The number of halogens is 1. The summed E-state index contributed by atoms with van der Waals surface area (Å²) < 4.78 is 24.0. The minimum absolute atomic E-state index is 0.109. The van der Waals surface area contributed by atoms with Crippen molar-refractivity contribution in [2.45, 2.75) is 58.4 Å². The molecule has 1 aromatic rings. The van der Waals surface area contributed by atoms with Crippen molar-refractivity contribution in [3.63, 3.8) is 0 Å². The van der Waals surface area contributed by atoms with Gasteiger partial charge in [-0.2, -0.15) is 0 Å². The van der Waals surface area contributed by atoms with Gasteiger partial charge in [-0.25, -0.2) is 9.18 Å². The zero-order valence-electron chi connectivity index (χ0n) is 17.8. The van der Waals surface area contributed by atoms with E-state index in [1.807, 2.05) is 18.7 Å². The first-order chi connectivity index (χ1) is 13.5. The summed E-state index contributed by atoms with van der Waals surface area (Å²) in [4.78, 5) is 26.5. The number of hydrogen-bond acceptors (Lipinski definition) is 5. The Balaban J connectivity index is 1.83. The molecule has 8 heteroatoms. The molecule has 3 atom stereocenters. The van der Waals surface area contributed by atoms with E-state index in [2.05, 4.69) is 10.6 Å². The summed E-state index contributed by atoms with van der Waals surface area (Å²) in [6, 6.07) is 5.51. The van der Waals surface area contributed by atoms with Crippen molar-refractivity contribution in [2.75, 3.05) is 26.2 Å². The van der Waals surface area contributed by atoms with Crippen molar-refractivity contribution in [1.82, 2.24) is 15.5 Å². The smallest absolute Gasteiger partial charge is 0.407 e. The van der Waals surface area contributed by atoms with Crippen molar-refractivity contribution in [2.24, 2.45) is 0 Å². The van der Waals surface area contributed by atoms with Gasteiger partial charge < -0.3 is 20.1 Å². The van der Waals surface area contributed by atoms with Gasteiger partial charge in [-0.15, -0.1) is 0 Å². The number of carbonyl (C=O) groups is 2. The summed E-state index contributed by atoms with van der Waals surface area (Å²) in [5, 5.41) is 5.68. The van der Waals surface area contributed by atoms with Gasteiger partial charge in [0, 0.05) is 19.6 Å². The molecule has 2 rings (SSSR count). The van der Waals surface area contributed by atoms with E-state index < -0.39 is 11.7 Å². The van der Waals surface area contributed by atoms with Crippen LogP contribution in [0, 0.1) is 5.82 Å². The maximum atomic E-state index is 13.1. The fourth-order valence-electron chi connectivity index (χ4n) is 3.06. The SMILES string of the molecule is C[C@H](NC(=O)[C@@H](C)N1CCO[C@@H](CNC(=O)OC(C)(C)C)C1)c1ccc(F)cc1. The molecule has 29 heavy (non-hydrogen) atoms. The van der Waals surface area contributed by atoms with E-state index in [0.717, 1.165) is 5.56 Å². The second kappa shape index (κ2) is 10.0. The summed E-state index contributed by atoms with van der Waals surface area (Å²) in [7, 11) is 0. The van der Waals surface area contributed by atoms with Crippen molar-refractivity contribution in [1.29, 1.82) is 0 Å². The molecule has 1 aromatic carbocycles. The summed E-state index contributed by atoms with van der Waals surface area (Å²) >= 11 is 0. The fraction of sp³-hybridized carbons (Fsp3) is 0.619. The lowest BCUT2D eigenvalue weighted by Gasteiger charge is -2.36. The molecule has 0 aliphatic carbocycles. The summed E-state index contributed by atoms with van der Waals surface area (Å²) in [6.45, 7) is 11.1. The Bertz CT molecular complexity index is 690. The Morgan fingerprint density at radius 1 is 1.28 bits per heavy atom. The van der Waals surface area contributed by atoms with Gasteiger partial charge in [0.15, 0.2) is 0 Å². The molecule has 0 bridgehead atoms. The van der Waals surface area contributed by atoms with E-state index in [4.69, 9.17) is 9.47 Å². The van der Waals surface area contributed by atoms with Gasteiger partial charge in [-0.1, -0.05) is 12.1 Å². The highest BCUT2D eigenvalue weighted by Crippen LogP contribution is 2.15. The number of amides is 2. The molecule has 162 valence electrons. The normalized spacial score (nSPS) is 19.9. The van der Waals surface area contributed by atoms with E-state index in [9.17, 15) is 14.0 Å². The molecule has 2 N–H and O–H groups in total. The lowest BCUT2D eigenvalue weighted by molar-refractivity contribution is -0.129. The van der Waals surface area contributed by atoms with Gasteiger partial charge in [-0.3, -0.25) is 9.69 Å². The first kappa shape index (κ1) is 23.1. The molecule has 1 aliphatic rings. The van der Waals surface area contributed by atoms with Gasteiger partial charge in [0.25, 0.3) is 0 Å². The van der Waals surface area contributed by atoms with Gasteiger partial charge in [0.05, 0.1) is 24.8 Å². The van der Waals surface area contributed by atoms with Crippen LogP contribution in [0.15, 0.2) is 24.3 Å². The first-order valence-electron chi connectivity index (χ1n) is 9.93. The number of ether oxygens (including phenoxy) is 2. The number of nitrogens with zero attached hydrogens (tertiary/aromatic N) is 1. The van der Waals surface area contributed by atoms with Gasteiger partial charge in [-0.05, 0) is 52.3 Å². The van der Waals surface area contributed by atoms with Crippen LogP contribution in [0.1, 0.15) is 46.2 Å². The number of hydrogen-bond donors (Lipinski definition) is 2. The number of rotatable bonds is 6. The molecule has 7 nitrogen and oxygen atoms in total. The van der Waals surface area contributed by atoms with E-state index >= 15 is 0 Å². The van der Waals surface area contributed by atoms with Crippen LogP contribution in [0.3, 0.4) is 0 Å². The van der Waals surface area contributed by atoms with Gasteiger partial charge >= 0.3 is 6.09 Å². The molecule has 0 aromatic heterocycles. The number of nitrogens with one attached hydrogen (secondary N) is 2. The third kappa shape index (κ3) is 7.62. The molecule has 0 spiro atoms. The van der Waals surface area contributed by atoms with Crippen molar-refractivity contribution in [3.8, 4) is 0 Å². The highest BCUT2D eigenvalue weighted by atomic mass is 19.1. The average Bonchev–Trinajstić information content (AvgIpc) is 2.65. The standard InChI is InChI=1S/C21H32FN3O4/c1-14(16-6-8-17(22)9-7-16)24-19(26)15(2)25-10-11-28-18(13-25)12-23-20(27)29-21(3,4)5/h6-9,14-15,18H,10-13H2,1-5H3,(H,23,27)(H,24,26)/t14-,15+,18-/m0/s1. The van der Waals surface area contributed by atoms with Crippen LogP contribution in [-0.2, 0) is 14.3 Å². The average molecular weight is 410 g/mol. The molecular formula is C21H32FN3O4. The lowest BCUT2D eigenvalue weighted by atomic mass is 10.1. The maximum absolute atomic E-state index is 13.1. The molecule has 1 heterocycles. The highest BCUT2D eigenvalue weighted by Gasteiger charge is 2.29. The number of alkyl carbamates (subject to hydrolysis) is 1. The van der Waals surface area contributed by atoms with Crippen LogP contribution in [0.5, 0.6) is 0 Å². The van der Waals surface area contributed by atoms with Crippen molar-refractivity contribution >= 4 is 12.0 Å². The molecular weight excluding hydrogens is 377 g/mol. The van der Waals surface area contributed by atoms with Gasteiger partial charge in [0.2, 0.25) is 5.91 Å². The first-order valence-corrected chi connectivity index (χ1v) is 9.93. The predicted molar refractivity (Wildman–Crippen MR) is 108 cm³/mol. The van der Waals surface area contributed by atoms with Crippen LogP contribution >= 0.6 is 0 Å². The summed E-state index contributed by atoms with van der Waals surface area (Å²) in [6.07, 6.45) is -0.710. The van der Waals surface area contributed by atoms with Crippen molar-refractivity contribution < 1.29 is 23.5 Å². The molecule has 0 saturated carbocycles. The second-order valence-electron chi connectivity index (χ2n) is 8.33. The van der Waals surface area contributed by atoms with E-state index in [1.165, 1.54) is 12.1 Å². The quantitative estimate of drug-likeness (QED) is 0.755. The maximum Gasteiger partial charge on any atom is 0.407 e. The van der Waals surface area contributed by atoms with Crippen LogP contribution in [0.25, 0.3) is 0 Å². The molecule has 2 amide bonds. The Kier molecular flexibility index (Phi) is 7.98. The third-order valence-electron chi connectivity index (χ3n) is 4.70. The Labute approximate surface area is 171 Å². The number of carbonyl (C=O) groups excluding carboxylic acids is 2. The molecule has 1 aliphatic heterocycles. The highest BCUT2D eigenvalue weighted by molar-refractivity contribution is 5.81. The molecule has 0 unspecified atom stereocenters. The molecule has 0 radical (unpaired) electrons. The Hall–Kier alpha value is -2.19. The zero-order valence-corrected chi connectivity index (χ0v) is 17.8. The summed E-state index contributed by atoms with van der Waals surface area (Å²) in [5.41, 5.74) is 0.283. The number of benzene rings is 1. The minimum Gasteiger partial charge on any atom is -0.444 e. The fourth-order valence-corrected chi connectivity index (χ4v) is 3.06. The zero-order chi connectivity index (χ0) is 21.6.